The summed E-state index contributed by atoms with van der Waals surface area (Å²) in [6.45, 7) is 3.48. The van der Waals surface area contributed by atoms with Crippen LogP contribution >= 0.6 is 0 Å². The first-order chi connectivity index (χ1) is 8.22. The molecule has 6 heteroatoms. The van der Waals surface area contributed by atoms with Crippen LogP contribution in [0.3, 0.4) is 0 Å². The summed E-state index contributed by atoms with van der Waals surface area (Å²) in [7, 11) is 1.36. The lowest BCUT2D eigenvalue weighted by atomic mass is 10.2. The molecule has 1 amide bonds. The van der Waals surface area contributed by atoms with Gasteiger partial charge in [-0.25, -0.2) is 4.79 Å². The second-order valence-corrected chi connectivity index (χ2v) is 4.31. The summed E-state index contributed by atoms with van der Waals surface area (Å²) in [5.41, 5.74) is 0. The molecule has 17 heavy (non-hydrogen) atoms. The third-order valence-electron chi connectivity index (χ3n) is 3.26. The highest BCUT2D eigenvalue weighted by Crippen LogP contribution is 2.20. The fourth-order valence-electron chi connectivity index (χ4n) is 2.25. The summed E-state index contributed by atoms with van der Waals surface area (Å²) < 4.78 is 9.98. The molecule has 2 aliphatic rings. The smallest absolute Gasteiger partial charge is 0.328 e. The van der Waals surface area contributed by atoms with E-state index in [9.17, 15) is 9.59 Å². The number of carbonyl (C=O) groups is 2. The lowest BCUT2D eigenvalue weighted by Gasteiger charge is -2.32. The Labute approximate surface area is 100 Å². The molecule has 0 aromatic rings. The first kappa shape index (κ1) is 12.3. The fraction of sp³-hybridized carbons (Fsp3) is 0.818. The van der Waals surface area contributed by atoms with Crippen molar-refractivity contribution in [1.82, 2.24) is 9.80 Å². The Kier molecular flexibility index (Phi) is 3.96. The highest BCUT2D eigenvalue weighted by molar-refractivity contribution is 5.88. The lowest BCUT2D eigenvalue weighted by Crippen LogP contribution is -2.49. The molecule has 0 aliphatic carbocycles. The molecule has 0 spiro atoms. The summed E-state index contributed by atoms with van der Waals surface area (Å²) in [6.07, 6.45) is 1.000. The van der Waals surface area contributed by atoms with Crippen molar-refractivity contribution in [3.8, 4) is 0 Å². The number of hydrogen-bond donors (Lipinski definition) is 0. The minimum Gasteiger partial charge on any atom is -0.467 e. The molecule has 0 aromatic heterocycles. The Morgan fingerprint density at radius 2 is 2.18 bits per heavy atom. The minimum atomic E-state index is -0.407. The zero-order valence-corrected chi connectivity index (χ0v) is 10.1. The van der Waals surface area contributed by atoms with Crippen molar-refractivity contribution < 1.29 is 19.1 Å². The molecule has 2 rings (SSSR count). The van der Waals surface area contributed by atoms with Gasteiger partial charge in [-0.1, -0.05) is 0 Å². The van der Waals surface area contributed by atoms with Crippen molar-refractivity contribution in [3.63, 3.8) is 0 Å². The van der Waals surface area contributed by atoms with Crippen LogP contribution in [-0.2, 0) is 19.1 Å². The molecule has 96 valence electrons. The van der Waals surface area contributed by atoms with Gasteiger partial charge in [0.25, 0.3) is 0 Å². The van der Waals surface area contributed by atoms with Gasteiger partial charge in [-0.3, -0.25) is 9.69 Å². The van der Waals surface area contributed by atoms with E-state index in [0.29, 0.717) is 32.7 Å². The summed E-state index contributed by atoms with van der Waals surface area (Å²) in [4.78, 5) is 27.0. The van der Waals surface area contributed by atoms with E-state index in [2.05, 4.69) is 4.90 Å². The Bertz CT molecular complexity index is 302. The number of nitrogens with zero attached hydrogens (tertiary/aromatic N) is 2. The molecular formula is C11H18N2O4. The van der Waals surface area contributed by atoms with E-state index in [1.54, 1.807) is 4.90 Å². The van der Waals surface area contributed by atoms with Crippen molar-refractivity contribution >= 4 is 11.9 Å². The van der Waals surface area contributed by atoms with Crippen LogP contribution in [0, 0.1) is 0 Å². The van der Waals surface area contributed by atoms with E-state index >= 15 is 0 Å². The lowest BCUT2D eigenvalue weighted by molar-refractivity contribution is -0.151. The van der Waals surface area contributed by atoms with Crippen LogP contribution in [0.25, 0.3) is 0 Å². The maximum absolute atomic E-state index is 11.7. The van der Waals surface area contributed by atoms with Gasteiger partial charge >= 0.3 is 5.97 Å². The first-order valence-corrected chi connectivity index (χ1v) is 5.90. The Balaban J connectivity index is 1.95. The number of carbonyl (C=O) groups excluding carboxylic acids is 2. The zero-order chi connectivity index (χ0) is 12.3. The van der Waals surface area contributed by atoms with E-state index in [1.807, 2.05) is 0 Å². The molecule has 2 heterocycles. The number of methoxy groups -OCH3 is 1. The number of rotatable bonds is 3. The molecule has 1 unspecified atom stereocenters. The Morgan fingerprint density at radius 1 is 1.47 bits per heavy atom. The molecule has 2 aliphatic heterocycles. The van der Waals surface area contributed by atoms with Gasteiger partial charge in [0, 0.05) is 19.5 Å². The largest absolute Gasteiger partial charge is 0.467 e. The van der Waals surface area contributed by atoms with Crippen LogP contribution < -0.4 is 0 Å². The van der Waals surface area contributed by atoms with Crippen molar-refractivity contribution in [2.45, 2.75) is 18.9 Å². The van der Waals surface area contributed by atoms with Gasteiger partial charge in [-0.15, -0.1) is 0 Å². The highest BCUT2D eigenvalue weighted by Gasteiger charge is 2.37. The van der Waals surface area contributed by atoms with Crippen LogP contribution in [-0.4, -0.2) is 67.8 Å². The average molecular weight is 242 g/mol. The second-order valence-electron chi connectivity index (χ2n) is 4.31. The van der Waals surface area contributed by atoms with Gasteiger partial charge in [0.05, 0.1) is 27.0 Å². The van der Waals surface area contributed by atoms with Gasteiger partial charge in [-0.2, -0.15) is 0 Å². The minimum absolute atomic E-state index is 0.0342. The van der Waals surface area contributed by atoms with Gasteiger partial charge in [-0.05, 0) is 6.42 Å². The third-order valence-corrected chi connectivity index (χ3v) is 3.26. The monoisotopic (exact) mass is 242 g/mol. The molecule has 1 atom stereocenters. The quantitative estimate of drug-likeness (QED) is 0.621. The molecule has 2 saturated heterocycles. The standard InChI is InChI=1S/C11H18N2O4/c1-16-11(15)9-2-3-10(14)13(9)8-12-4-6-17-7-5-12/h9H,2-8H2,1H3. The van der Waals surface area contributed by atoms with E-state index in [4.69, 9.17) is 9.47 Å². The summed E-state index contributed by atoms with van der Waals surface area (Å²) in [5, 5.41) is 0. The number of likely N-dealkylation sites (tertiary alicyclic amines) is 1. The summed E-state index contributed by atoms with van der Waals surface area (Å²) >= 11 is 0. The number of amides is 1. The van der Waals surface area contributed by atoms with Crippen LogP contribution in [0.15, 0.2) is 0 Å². The maximum atomic E-state index is 11.7. The van der Waals surface area contributed by atoms with E-state index in [-0.39, 0.29) is 11.9 Å². The number of esters is 1. The van der Waals surface area contributed by atoms with E-state index < -0.39 is 6.04 Å². The van der Waals surface area contributed by atoms with Crippen molar-refractivity contribution in [2.24, 2.45) is 0 Å². The van der Waals surface area contributed by atoms with Crippen LogP contribution in [0.1, 0.15) is 12.8 Å². The Morgan fingerprint density at radius 3 is 2.82 bits per heavy atom. The van der Waals surface area contributed by atoms with Crippen molar-refractivity contribution in [2.75, 3.05) is 40.1 Å². The molecule has 0 aromatic carbocycles. The van der Waals surface area contributed by atoms with Crippen LogP contribution in [0.5, 0.6) is 0 Å². The topological polar surface area (TPSA) is 59.1 Å². The van der Waals surface area contributed by atoms with Gasteiger partial charge in [0.2, 0.25) is 5.91 Å². The Hall–Kier alpha value is -1.14. The molecule has 6 nitrogen and oxygen atoms in total. The molecule has 0 bridgehead atoms. The first-order valence-electron chi connectivity index (χ1n) is 5.90. The molecule has 0 saturated carbocycles. The number of ether oxygens (including phenoxy) is 2. The number of morpholine rings is 1. The maximum Gasteiger partial charge on any atom is 0.328 e. The van der Waals surface area contributed by atoms with Crippen LogP contribution in [0.2, 0.25) is 0 Å². The summed E-state index contributed by atoms with van der Waals surface area (Å²) in [6, 6.07) is -0.407. The average Bonchev–Trinajstić information content (AvgIpc) is 2.72. The van der Waals surface area contributed by atoms with E-state index in [0.717, 1.165) is 13.1 Å². The molecule has 0 N–H and O–H groups in total. The normalized spacial score (nSPS) is 26.3. The SMILES string of the molecule is COC(=O)C1CCC(=O)N1CN1CCOCC1. The molecule has 0 radical (unpaired) electrons. The highest BCUT2D eigenvalue weighted by atomic mass is 16.5. The van der Waals surface area contributed by atoms with Crippen molar-refractivity contribution in [1.29, 1.82) is 0 Å². The van der Waals surface area contributed by atoms with Crippen LogP contribution in [0.4, 0.5) is 0 Å². The van der Waals surface area contributed by atoms with Gasteiger partial charge < -0.3 is 14.4 Å². The predicted molar refractivity (Wildman–Crippen MR) is 59.1 cm³/mol. The third kappa shape index (κ3) is 2.76. The van der Waals surface area contributed by atoms with Gasteiger partial charge in [0.1, 0.15) is 6.04 Å². The number of hydrogen-bond acceptors (Lipinski definition) is 5. The predicted octanol–water partition coefficient (Wildman–Crippen LogP) is -0.560. The molecular weight excluding hydrogens is 224 g/mol. The summed E-state index contributed by atoms with van der Waals surface area (Å²) in [5.74, 6) is -0.281. The van der Waals surface area contributed by atoms with Crippen molar-refractivity contribution in [3.05, 3.63) is 0 Å². The van der Waals surface area contributed by atoms with E-state index in [1.165, 1.54) is 7.11 Å². The fourth-order valence-corrected chi connectivity index (χ4v) is 2.25. The second kappa shape index (κ2) is 5.46. The zero-order valence-electron chi connectivity index (χ0n) is 10.1. The van der Waals surface area contributed by atoms with Gasteiger partial charge in [0.15, 0.2) is 0 Å². The molecule has 2 fully saturated rings.